The van der Waals surface area contributed by atoms with Crippen molar-refractivity contribution in [3.05, 3.63) is 12.0 Å². The molecule has 2 heterocycles. The van der Waals surface area contributed by atoms with E-state index in [2.05, 4.69) is 4.98 Å². The first-order valence-electron chi connectivity index (χ1n) is 5.94. The molecular weight excluding hydrogens is 254 g/mol. The molecule has 0 aliphatic carbocycles. The number of carbonyl (C=O) groups excluding carboxylic acids is 1. The van der Waals surface area contributed by atoms with E-state index >= 15 is 0 Å². The van der Waals surface area contributed by atoms with Crippen molar-refractivity contribution in [1.29, 1.82) is 0 Å². The summed E-state index contributed by atoms with van der Waals surface area (Å²) in [5.41, 5.74) is 0. The predicted octanol–water partition coefficient (Wildman–Crippen LogP) is 0.471. The molecular formula is C11H17N3O3S. The van der Waals surface area contributed by atoms with Crippen LogP contribution in [-0.2, 0) is 21.9 Å². The number of carbonyl (C=O) groups is 1. The molecule has 1 fully saturated rings. The van der Waals surface area contributed by atoms with Crippen molar-refractivity contribution in [3.8, 4) is 0 Å². The monoisotopic (exact) mass is 271 g/mol. The van der Waals surface area contributed by atoms with Crippen LogP contribution in [0.5, 0.6) is 0 Å². The van der Waals surface area contributed by atoms with E-state index in [-0.39, 0.29) is 5.03 Å². The smallest absolute Gasteiger partial charge is 0.262 e. The van der Waals surface area contributed by atoms with E-state index in [1.807, 2.05) is 0 Å². The van der Waals surface area contributed by atoms with Crippen molar-refractivity contribution in [2.75, 3.05) is 6.54 Å². The van der Waals surface area contributed by atoms with E-state index in [1.54, 1.807) is 18.5 Å². The van der Waals surface area contributed by atoms with Gasteiger partial charge in [0.25, 0.3) is 10.0 Å². The highest BCUT2D eigenvalue weighted by Crippen LogP contribution is 2.23. The first-order chi connectivity index (χ1) is 8.46. The average Bonchev–Trinajstić information content (AvgIpc) is 2.70. The minimum atomic E-state index is -3.65. The van der Waals surface area contributed by atoms with Crippen LogP contribution in [0.1, 0.15) is 25.1 Å². The van der Waals surface area contributed by atoms with Gasteiger partial charge in [0.15, 0.2) is 5.03 Å². The van der Waals surface area contributed by atoms with Gasteiger partial charge in [-0.05, 0) is 19.8 Å². The maximum Gasteiger partial charge on any atom is 0.262 e. The number of aldehydes is 1. The standard InChI is InChI=1S/C11H17N3O3S/c1-9-12-11(7-13(9)2)18(16,17)14-6-4-3-5-10(14)8-15/h7-8,10H,3-6H2,1-2H3. The first-order valence-corrected chi connectivity index (χ1v) is 7.38. The van der Waals surface area contributed by atoms with E-state index in [0.29, 0.717) is 25.1 Å². The van der Waals surface area contributed by atoms with E-state index in [4.69, 9.17) is 0 Å². The molecule has 1 unspecified atom stereocenters. The van der Waals surface area contributed by atoms with Crippen molar-refractivity contribution in [2.45, 2.75) is 37.3 Å². The van der Waals surface area contributed by atoms with Crippen LogP contribution in [0.3, 0.4) is 0 Å². The quantitative estimate of drug-likeness (QED) is 0.749. The van der Waals surface area contributed by atoms with Gasteiger partial charge in [-0.2, -0.15) is 4.31 Å². The van der Waals surface area contributed by atoms with Crippen molar-refractivity contribution < 1.29 is 13.2 Å². The van der Waals surface area contributed by atoms with E-state index in [1.165, 1.54) is 10.5 Å². The Kier molecular flexibility index (Phi) is 3.54. The molecule has 1 aliphatic rings. The molecule has 18 heavy (non-hydrogen) atoms. The average molecular weight is 271 g/mol. The summed E-state index contributed by atoms with van der Waals surface area (Å²) in [7, 11) is -1.91. The zero-order chi connectivity index (χ0) is 13.3. The molecule has 0 bridgehead atoms. The van der Waals surface area contributed by atoms with Crippen LogP contribution in [0.4, 0.5) is 0 Å². The third kappa shape index (κ3) is 2.20. The number of hydrogen-bond donors (Lipinski definition) is 0. The number of hydrogen-bond acceptors (Lipinski definition) is 4. The van der Waals surface area contributed by atoms with E-state index in [9.17, 15) is 13.2 Å². The molecule has 7 heteroatoms. The Hall–Kier alpha value is -1.21. The molecule has 1 aromatic heterocycles. The first kappa shape index (κ1) is 13.2. The number of piperidine rings is 1. The third-order valence-electron chi connectivity index (χ3n) is 3.31. The lowest BCUT2D eigenvalue weighted by atomic mass is 10.1. The molecule has 1 atom stereocenters. The summed E-state index contributed by atoms with van der Waals surface area (Å²) in [5, 5.41) is 0.0243. The lowest BCUT2D eigenvalue weighted by molar-refractivity contribution is -0.111. The molecule has 1 aliphatic heterocycles. The predicted molar refractivity (Wildman–Crippen MR) is 65.5 cm³/mol. The molecule has 0 amide bonds. The Morgan fingerprint density at radius 3 is 2.72 bits per heavy atom. The van der Waals surface area contributed by atoms with Crippen LogP contribution in [0.15, 0.2) is 11.2 Å². The van der Waals surface area contributed by atoms with Crippen LogP contribution in [-0.4, -0.2) is 41.1 Å². The van der Waals surface area contributed by atoms with Crippen molar-refractivity contribution in [3.63, 3.8) is 0 Å². The summed E-state index contributed by atoms with van der Waals surface area (Å²) < 4.78 is 27.8. The Bertz CT molecular complexity index is 530. The largest absolute Gasteiger partial charge is 0.337 e. The molecule has 1 saturated heterocycles. The fourth-order valence-corrected chi connectivity index (χ4v) is 3.80. The van der Waals surface area contributed by atoms with Crippen LogP contribution in [0.25, 0.3) is 0 Å². The maximum absolute atomic E-state index is 12.4. The second kappa shape index (κ2) is 4.81. The molecule has 0 spiro atoms. The molecule has 0 radical (unpaired) electrons. The van der Waals surface area contributed by atoms with Gasteiger partial charge < -0.3 is 9.36 Å². The summed E-state index contributed by atoms with van der Waals surface area (Å²) in [6.07, 6.45) is 4.47. The van der Waals surface area contributed by atoms with Gasteiger partial charge in [0, 0.05) is 19.8 Å². The molecule has 100 valence electrons. The lowest BCUT2D eigenvalue weighted by Crippen LogP contribution is -2.44. The lowest BCUT2D eigenvalue weighted by Gasteiger charge is -2.30. The molecule has 2 rings (SSSR count). The fraction of sp³-hybridized carbons (Fsp3) is 0.636. The van der Waals surface area contributed by atoms with Crippen LogP contribution >= 0.6 is 0 Å². The van der Waals surface area contributed by atoms with Gasteiger partial charge in [0.1, 0.15) is 12.1 Å². The zero-order valence-electron chi connectivity index (χ0n) is 10.5. The van der Waals surface area contributed by atoms with Gasteiger partial charge >= 0.3 is 0 Å². The van der Waals surface area contributed by atoms with Crippen LogP contribution in [0.2, 0.25) is 0 Å². The minimum Gasteiger partial charge on any atom is -0.337 e. The van der Waals surface area contributed by atoms with Gasteiger partial charge in [-0.25, -0.2) is 13.4 Å². The molecule has 1 aromatic rings. The maximum atomic E-state index is 12.4. The number of imidazole rings is 1. The number of aromatic nitrogens is 2. The summed E-state index contributed by atoms with van der Waals surface area (Å²) in [6, 6.07) is -0.550. The van der Waals surface area contributed by atoms with Crippen molar-refractivity contribution in [2.24, 2.45) is 7.05 Å². The Morgan fingerprint density at radius 2 is 2.17 bits per heavy atom. The highest BCUT2D eigenvalue weighted by Gasteiger charge is 2.34. The fourth-order valence-electron chi connectivity index (χ4n) is 2.14. The molecule has 0 saturated carbocycles. The van der Waals surface area contributed by atoms with Gasteiger partial charge in [0.2, 0.25) is 0 Å². The molecule has 0 aromatic carbocycles. The number of sulfonamides is 1. The van der Waals surface area contributed by atoms with Gasteiger partial charge in [-0.3, -0.25) is 0 Å². The highest BCUT2D eigenvalue weighted by molar-refractivity contribution is 7.89. The van der Waals surface area contributed by atoms with Gasteiger partial charge in [0.05, 0.1) is 6.04 Å². The van der Waals surface area contributed by atoms with Crippen molar-refractivity contribution >= 4 is 16.3 Å². The topological polar surface area (TPSA) is 72.3 Å². The Morgan fingerprint density at radius 1 is 1.44 bits per heavy atom. The van der Waals surface area contributed by atoms with Gasteiger partial charge in [-0.15, -0.1) is 0 Å². The minimum absolute atomic E-state index is 0.0243. The number of rotatable bonds is 3. The van der Waals surface area contributed by atoms with E-state index in [0.717, 1.165) is 12.8 Å². The van der Waals surface area contributed by atoms with E-state index < -0.39 is 16.1 Å². The highest BCUT2D eigenvalue weighted by atomic mass is 32.2. The summed E-state index contributed by atoms with van der Waals surface area (Å²) in [5.74, 6) is 0.633. The summed E-state index contributed by atoms with van der Waals surface area (Å²) in [4.78, 5) is 15.0. The second-order valence-electron chi connectivity index (χ2n) is 4.55. The number of aryl methyl sites for hydroxylation is 2. The second-order valence-corrected chi connectivity index (χ2v) is 6.39. The number of nitrogens with zero attached hydrogens (tertiary/aromatic N) is 3. The van der Waals surface area contributed by atoms with Crippen molar-refractivity contribution in [1.82, 2.24) is 13.9 Å². The summed E-state index contributed by atoms with van der Waals surface area (Å²) in [6.45, 7) is 2.13. The van der Waals surface area contributed by atoms with Gasteiger partial charge in [-0.1, -0.05) is 6.42 Å². The molecule has 6 nitrogen and oxygen atoms in total. The molecule has 0 N–H and O–H groups in total. The van der Waals surface area contributed by atoms with Crippen LogP contribution < -0.4 is 0 Å². The zero-order valence-corrected chi connectivity index (χ0v) is 11.4. The normalized spacial score (nSPS) is 22.0. The Balaban J connectivity index is 2.37. The van der Waals surface area contributed by atoms with Crippen LogP contribution in [0, 0.1) is 6.92 Å². The summed E-state index contributed by atoms with van der Waals surface area (Å²) >= 11 is 0. The Labute approximate surface area is 107 Å². The third-order valence-corrected chi connectivity index (χ3v) is 5.11. The SMILES string of the molecule is Cc1nc(S(=O)(=O)N2CCCCC2C=O)cn1C.